The fraction of sp³-hybridized carbons (Fsp3) is 0.875. The summed E-state index contributed by atoms with van der Waals surface area (Å²) in [6.45, 7) is 4.70. The molecule has 0 amide bonds. The highest BCUT2D eigenvalue weighted by molar-refractivity contribution is 6.20. The molecule has 0 saturated carbocycles. The van der Waals surface area contributed by atoms with Crippen molar-refractivity contribution in [1.82, 2.24) is 0 Å². The summed E-state index contributed by atoms with van der Waals surface area (Å²) in [7, 11) is 0. The third-order valence-corrected chi connectivity index (χ3v) is 1.20. The molecule has 0 aliphatic carbocycles. The highest BCUT2D eigenvalue weighted by Crippen LogP contribution is 2.24. The molecule has 0 spiro atoms. The Labute approximate surface area is 86.4 Å². The molecular formula is C8H14ClF3O2. The molecule has 86 valence electrons. The first-order valence-electron chi connectivity index (χ1n) is 4.15. The summed E-state index contributed by atoms with van der Waals surface area (Å²) in [5, 5.41) is -1.20. The SMILES string of the molecule is CC.CC(=O)OCC(Cl)CC(F)(F)F. The molecule has 0 aliphatic heterocycles. The minimum atomic E-state index is -4.31. The summed E-state index contributed by atoms with van der Waals surface area (Å²) in [4.78, 5) is 10.2. The highest BCUT2D eigenvalue weighted by atomic mass is 35.5. The lowest BCUT2D eigenvalue weighted by Gasteiger charge is -2.11. The second-order valence-corrected chi connectivity index (χ2v) is 2.84. The predicted molar refractivity (Wildman–Crippen MR) is 48.3 cm³/mol. The maximum absolute atomic E-state index is 11.6. The number of hydrogen-bond acceptors (Lipinski definition) is 2. The zero-order valence-corrected chi connectivity index (χ0v) is 9.08. The average Bonchev–Trinajstić information content (AvgIpc) is 2.02. The van der Waals surface area contributed by atoms with Crippen LogP contribution in [0.3, 0.4) is 0 Å². The smallest absolute Gasteiger partial charge is 0.390 e. The van der Waals surface area contributed by atoms with Crippen LogP contribution in [0.2, 0.25) is 0 Å². The van der Waals surface area contributed by atoms with Crippen molar-refractivity contribution in [2.45, 2.75) is 38.7 Å². The molecule has 0 rings (SSSR count). The van der Waals surface area contributed by atoms with Crippen molar-refractivity contribution in [2.24, 2.45) is 0 Å². The van der Waals surface area contributed by atoms with Crippen LogP contribution in [0.1, 0.15) is 27.2 Å². The van der Waals surface area contributed by atoms with Gasteiger partial charge in [0.15, 0.2) is 0 Å². The van der Waals surface area contributed by atoms with E-state index in [2.05, 4.69) is 4.74 Å². The normalized spacial score (nSPS) is 12.5. The molecule has 0 aliphatic rings. The summed E-state index contributed by atoms with van der Waals surface area (Å²) >= 11 is 5.21. The van der Waals surface area contributed by atoms with Crippen molar-refractivity contribution in [2.75, 3.05) is 6.61 Å². The maximum atomic E-state index is 11.6. The number of alkyl halides is 4. The van der Waals surface area contributed by atoms with Gasteiger partial charge in [0.2, 0.25) is 0 Å². The largest absolute Gasteiger partial charge is 0.464 e. The van der Waals surface area contributed by atoms with Gasteiger partial charge in [-0.05, 0) is 0 Å². The van der Waals surface area contributed by atoms with Crippen molar-refractivity contribution in [1.29, 1.82) is 0 Å². The van der Waals surface area contributed by atoms with Gasteiger partial charge < -0.3 is 4.74 Å². The van der Waals surface area contributed by atoms with Crippen LogP contribution in [-0.2, 0) is 9.53 Å². The predicted octanol–water partition coefficient (Wildman–Crippen LogP) is 3.14. The van der Waals surface area contributed by atoms with Crippen molar-refractivity contribution in [3.05, 3.63) is 0 Å². The molecule has 0 fully saturated rings. The Balaban J connectivity index is 0. The number of ether oxygens (including phenoxy) is 1. The summed E-state index contributed by atoms with van der Waals surface area (Å²) in [5.41, 5.74) is 0. The Morgan fingerprint density at radius 1 is 1.43 bits per heavy atom. The Morgan fingerprint density at radius 3 is 2.14 bits per heavy atom. The summed E-state index contributed by atoms with van der Waals surface area (Å²) in [6.07, 6.45) is -5.46. The van der Waals surface area contributed by atoms with Crippen LogP contribution in [0.25, 0.3) is 0 Å². The molecule has 0 N–H and O–H groups in total. The van der Waals surface area contributed by atoms with Crippen molar-refractivity contribution >= 4 is 17.6 Å². The van der Waals surface area contributed by atoms with Crippen molar-refractivity contribution in [3.8, 4) is 0 Å². The number of carbonyl (C=O) groups is 1. The van der Waals surface area contributed by atoms with Gasteiger partial charge in [0.05, 0.1) is 11.8 Å². The lowest BCUT2D eigenvalue weighted by Crippen LogP contribution is -2.20. The molecule has 0 bridgehead atoms. The zero-order chi connectivity index (χ0) is 11.8. The molecule has 0 heterocycles. The van der Waals surface area contributed by atoms with Crippen LogP contribution in [-0.4, -0.2) is 24.1 Å². The fourth-order valence-electron chi connectivity index (χ4n) is 0.518. The molecule has 1 unspecified atom stereocenters. The lowest BCUT2D eigenvalue weighted by atomic mass is 10.3. The molecule has 6 heteroatoms. The van der Waals surface area contributed by atoms with E-state index in [1.54, 1.807) is 0 Å². The minimum absolute atomic E-state index is 0.406. The Kier molecular flexibility index (Phi) is 9.04. The molecule has 0 aromatic heterocycles. The van der Waals surface area contributed by atoms with Crippen molar-refractivity contribution < 1.29 is 22.7 Å². The van der Waals surface area contributed by atoms with Crippen LogP contribution in [0.15, 0.2) is 0 Å². The van der Waals surface area contributed by atoms with E-state index in [1.165, 1.54) is 0 Å². The Bertz CT molecular complexity index is 159. The van der Waals surface area contributed by atoms with Crippen LogP contribution in [0.4, 0.5) is 13.2 Å². The number of carbonyl (C=O) groups excluding carboxylic acids is 1. The summed E-state index contributed by atoms with van der Waals surface area (Å²) < 4.78 is 39.1. The first kappa shape index (κ1) is 16.0. The number of rotatable bonds is 3. The second-order valence-electron chi connectivity index (χ2n) is 2.22. The molecule has 0 aromatic carbocycles. The van der Waals surface area contributed by atoms with Gasteiger partial charge in [-0.25, -0.2) is 0 Å². The molecular weight excluding hydrogens is 221 g/mol. The molecule has 1 atom stereocenters. The van der Waals surface area contributed by atoms with Gasteiger partial charge in [-0.3, -0.25) is 4.79 Å². The van der Waals surface area contributed by atoms with E-state index in [1.807, 2.05) is 13.8 Å². The van der Waals surface area contributed by atoms with Crippen LogP contribution >= 0.6 is 11.6 Å². The lowest BCUT2D eigenvalue weighted by molar-refractivity contribution is -0.147. The summed E-state index contributed by atoms with van der Waals surface area (Å²) in [6, 6.07) is 0. The van der Waals surface area contributed by atoms with E-state index in [-0.39, 0.29) is 0 Å². The molecule has 14 heavy (non-hydrogen) atoms. The number of esters is 1. The van der Waals surface area contributed by atoms with Gasteiger partial charge in [0.25, 0.3) is 0 Å². The van der Waals surface area contributed by atoms with E-state index in [4.69, 9.17) is 11.6 Å². The fourth-order valence-corrected chi connectivity index (χ4v) is 0.756. The monoisotopic (exact) mass is 234 g/mol. The van der Waals surface area contributed by atoms with Crippen LogP contribution < -0.4 is 0 Å². The molecule has 0 saturated heterocycles. The standard InChI is InChI=1S/C6H8ClF3O2.C2H6/c1-4(11)12-3-5(7)2-6(8,9)10;1-2/h5H,2-3H2,1H3;1-2H3. The zero-order valence-electron chi connectivity index (χ0n) is 8.32. The minimum Gasteiger partial charge on any atom is -0.464 e. The number of hydrogen-bond donors (Lipinski definition) is 0. The molecule has 2 nitrogen and oxygen atoms in total. The maximum Gasteiger partial charge on any atom is 0.390 e. The highest BCUT2D eigenvalue weighted by Gasteiger charge is 2.31. The third-order valence-electron chi connectivity index (χ3n) is 0.920. The molecule has 0 aromatic rings. The first-order valence-corrected chi connectivity index (χ1v) is 4.59. The number of halogens is 4. The van der Waals surface area contributed by atoms with Gasteiger partial charge in [-0.1, -0.05) is 13.8 Å². The average molecular weight is 235 g/mol. The Morgan fingerprint density at radius 2 is 1.86 bits per heavy atom. The van der Waals surface area contributed by atoms with E-state index in [0.29, 0.717) is 0 Å². The van der Waals surface area contributed by atoms with Gasteiger partial charge in [0.1, 0.15) is 6.61 Å². The topological polar surface area (TPSA) is 26.3 Å². The van der Waals surface area contributed by atoms with E-state index in [0.717, 1.165) is 6.92 Å². The molecule has 0 radical (unpaired) electrons. The van der Waals surface area contributed by atoms with Gasteiger partial charge in [-0.2, -0.15) is 13.2 Å². The van der Waals surface area contributed by atoms with Gasteiger partial charge in [-0.15, -0.1) is 11.6 Å². The van der Waals surface area contributed by atoms with Crippen LogP contribution in [0, 0.1) is 0 Å². The Hall–Kier alpha value is -0.450. The summed E-state index contributed by atoms with van der Waals surface area (Å²) in [5.74, 6) is -0.636. The van der Waals surface area contributed by atoms with Gasteiger partial charge >= 0.3 is 12.1 Å². The van der Waals surface area contributed by atoms with Crippen molar-refractivity contribution in [3.63, 3.8) is 0 Å². The van der Waals surface area contributed by atoms with E-state index in [9.17, 15) is 18.0 Å². The van der Waals surface area contributed by atoms with Crippen LogP contribution in [0.5, 0.6) is 0 Å². The third kappa shape index (κ3) is 14.1. The van der Waals surface area contributed by atoms with E-state index < -0.39 is 30.6 Å². The first-order chi connectivity index (χ1) is 6.31. The quantitative estimate of drug-likeness (QED) is 0.554. The second kappa shape index (κ2) is 7.91. The van der Waals surface area contributed by atoms with Gasteiger partial charge in [0, 0.05) is 6.92 Å². The van der Waals surface area contributed by atoms with E-state index >= 15 is 0 Å².